The molecule has 0 atom stereocenters. The molecule has 6 radical (unpaired) electrons. The fourth-order valence-corrected chi connectivity index (χ4v) is 0. The second kappa shape index (κ2) is 20.5. The number of hydrogen-bond acceptors (Lipinski definition) is 1. The molecule has 0 aliphatic rings. The molecule has 4 heteroatoms. The first kappa shape index (κ1) is 16.8. The van der Waals surface area contributed by atoms with Gasteiger partial charge in [0.15, 0.2) is 0 Å². The fourth-order valence-electron chi connectivity index (χ4n) is 0. The molecule has 0 rings (SSSR count). The Kier molecular flexibility index (Phi) is 86.3. The average molecular weight is 189 g/mol. The van der Waals surface area contributed by atoms with Gasteiger partial charge < -0.3 is 0 Å². The Hall–Kier alpha value is 1.92. The van der Waals surface area contributed by atoms with Crippen LogP contribution in [0.15, 0.2) is 0 Å². The molecule has 0 unspecified atom stereocenters. The maximum Gasteiger partial charge on any atom is 0.0464 e. The summed E-state index contributed by atoms with van der Waals surface area (Å²) in [6, 6.07) is 0. The predicted octanol–water partition coefficient (Wildman–Crippen LogP) is 0.0972. The molecule has 0 amide bonds. The van der Waals surface area contributed by atoms with Crippen molar-refractivity contribution in [1.29, 1.82) is 0 Å². The Morgan fingerprint density at radius 1 is 1.25 bits per heavy atom. The van der Waals surface area contributed by atoms with Gasteiger partial charge in [-0.3, -0.25) is 0 Å². The van der Waals surface area contributed by atoms with Gasteiger partial charge >= 0.3 is 0 Å². The second-order valence-corrected chi connectivity index (χ2v) is 0. The van der Waals surface area contributed by atoms with Crippen LogP contribution in [0.5, 0.6) is 0 Å². The molecule has 16 valence electrons. The van der Waals surface area contributed by atoms with Crippen molar-refractivity contribution in [3.05, 3.63) is 0 Å². The van der Waals surface area contributed by atoms with Gasteiger partial charge in [-0.05, 0) is 11.8 Å². The van der Waals surface area contributed by atoms with E-state index in [9.17, 15) is 0 Å². The van der Waals surface area contributed by atoms with Gasteiger partial charge in [0, 0.05) is 50.8 Å². The first-order valence-electron chi connectivity index (χ1n) is 0.183. The van der Waals surface area contributed by atoms with E-state index in [0.29, 0.717) is 0 Å². The number of hydrogen-bond donors (Lipinski definition) is 0. The molecule has 0 aromatic rings. The SMILES string of the molecule is [Li].[P]=S.[Sn]. The van der Waals surface area contributed by atoms with E-state index in [1.165, 1.54) is 0 Å². The molecular formula is LiPSSn. The molecule has 0 aliphatic carbocycles. The maximum absolute atomic E-state index is 3.78. The summed E-state index contributed by atoms with van der Waals surface area (Å²) in [4.78, 5) is 0. The summed E-state index contributed by atoms with van der Waals surface area (Å²) in [5.74, 6) is 0. The van der Waals surface area contributed by atoms with Gasteiger partial charge in [0.25, 0.3) is 0 Å². The summed E-state index contributed by atoms with van der Waals surface area (Å²) in [5.41, 5.74) is 0. The molecule has 0 aliphatic heterocycles. The van der Waals surface area contributed by atoms with Crippen molar-refractivity contribution in [3.8, 4) is 0 Å². The van der Waals surface area contributed by atoms with E-state index < -0.39 is 0 Å². The fraction of sp³-hybridized carbons (Fsp3) is 0. The van der Waals surface area contributed by atoms with E-state index in [4.69, 9.17) is 0 Å². The van der Waals surface area contributed by atoms with Crippen molar-refractivity contribution in [3.63, 3.8) is 0 Å². The zero-order valence-electron chi connectivity index (χ0n) is 2.36. The van der Waals surface area contributed by atoms with Gasteiger partial charge in [-0.1, -0.05) is 0 Å². The zero-order valence-corrected chi connectivity index (χ0v) is 6.92. The molecule has 0 bridgehead atoms. The maximum atomic E-state index is 3.78. The average Bonchev–Trinajstić information content (AvgIpc) is 1.00. The van der Waals surface area contributed by atoms with Crippen LogP contribution in [-0.2, 0) is 11.8 Å². The van der Waals surface area contributed by atoms with Crippen molar-refractivity contribution in [2.75, 3.05) is 0 Å². The number of rotatable bonds is 0. The normalized spacial score (nSPS) is 1.00. The molecule has 4 heavy (non-hydrogen) atoms. The topological polar surface area (TPSA) is 0 Å². The van der Waals surface area contributed by atoms with Gasteiger partial charge in [0.2, 0.25) is 0 Å². The van der Waals surface area contributed by atoms with Gasteiger partial charge in [-0.2, -0.15) is 0 Å². The third kappa shape index (κ3) is 9.07. The minimum Gasteiger partial charge on any atom is -0.0464 e. The van der Waals surface area contributed by atoms with Gasteiger partial charge in [0.1, 0.15) is 0 Å². The Bertz CT molecular complexity index is 8.00. The summed E-state index contributed by atoms with van der Waals surface area (Å²) in [6.45, 7) is 0. The van der Waals surface area contributed by atoms with Crippen molar-refractivity contribution < 1.29 is 0 Å². The van der Waals surface area contributed by atoms with E-state index in [-0.39, 0.29) is 42.8 Å². The first-order chi connectivity index (χ1) is 1.00. The summed E-state index contributed by atoms with van der Waals surface area (Å²) in [5, 5.41) is 0. The second-order valence-electron chi connectivity index (χ2n) is 0. The summed E-state index contributed by atoms with van der Waals surface area (Å²) in [6.07, 6.45) is 0. The smallest absolute Gasteiger partial charge is 0.0464 e. The first-order valence-corrected chi connectivity index (χ1v) is 1.64. The zero-order chi connectivity index (χ0) is 2.00. The van der Waals surface area contributed by atoms with Crippen LogP contribution in [0.2, 0.25) is 0 Å². The third-order valence-corrected chi connectivity index (χ3v) is 0. The quantitative estimate of drug-likeness (QED) is 0.384. The largest absolute Gasteiger partial charge is 0.0464 e. The van der Waals surface area contributed by atoms with Crippen LogP contribution >= 0.6 is 8.02 Å². The van der Waals surface area contributed by atoms with Crippen LogP contribution < -0.4 is 0 Å². The summed E-state index contributed by atoms with van der Waals surface area (Å²) >= 11 is 3.78. The molecule has 0 saturated carbocycles. The molecule has 0 aromatic carbocycles. The van der Waals surface area contributed by atoms with Crippen molar-refractivity contribution in [1.82, 2.24) is 0 Å². The van der Waals surface area contributed by atoms with Crippen LogP contribution in [-0.4, -0.2) is 42.8 Å². The van der Waals surface area contributed by atoms with E-state index in [1.54, 1.807) is 0 Å². The van der Waals surface area contributed by atoms with Crippen LogP contribution in [0.3, 0.4) is 0 Å². The molecular weight excluding hydrogens is 189 g/mol. The van der Waals surface area contributed by atoms with E-state index in [0.717, 1.165) is 0 Å². The van der Waals surface area contributed by atoms with E-state index in [2.05, 4.69) is 19.8 Å². The Balaban J connectivity index is -0.00000000500. The Labute approximate surface area is 62.1 Å². The van der Waals surface area contributed by atoms with Crippen molar-refractivity contribution >= 4 is 62.6 Å². The van der Waals surface area contributed by atoms with Gasteiger partial charge in [0.05, 0.1) is 0 Å². The molecule has 0 nitrogen and oxygen atoms in total. The molecule has 0 aromatic heterocycles. The Morgan fingerprint density at radius 2 is 1.25 bits per heavy atom. The summed E-state index contributed by atoms with van der Waals surface area (Å²) in [7, 11) is 3.11. The molecule has 0 heterocycles. The predicted molar refractivity (Wildman–Crippen MR) is 25.8 cm³/mol. The standard InChI is InChI=1S/Li.PS.Sn/c;1-2;. The minimum atomic E-state index is 0. The minimum absolute atomic E-state index is 0. The third-order valence-electron chi connectivity index (χ3n) is 0. The van der Waals surface area contributed by atoms with Crippen molar-refractivity contribution in [2.24, 2.45) is 0 Å². The molecule has 0 N–H and O–H groups in total. The van der Waals surface area contributed by atoms with E-state index >= 15 is 0 Å². The summed E-state index contributed by atoms with van der Waals surface area (Å²) < 4.78 is 0. The van der Waals surface area contributed by atoms with Gasteiger partial charge in [-0.25, -0.2) is 0 Å². The monoisotopic (exact) mass is 190 g/mol. The molecule has 0 fully saturated rings. The van der Waals surface area contributed by atoms with Crippen LogP contribution in [0.4, 0.5) is 0 Å². The van der Waals surface area contributed by atoms with Crippen LogP contribution in [0.1, 0.15) is 0 Å². The van der Waals surface area contributed by atoms with Gasteiger partial charge in [-0.15, -0.1) is 0 Å². The Morgan fingerprint density at radius 3 is 1.25 bits per heavy atom. The molecule has 0 spiro atoms. The van der Waals surface area contributed by atoms with Crippen LogP contribution in [0, 0.1) is 0 Å². The van der Waals surface area contributed by atoms with E-state index in [1.807, 2.05) is 0 Å². The van der Waals surface area contributed by atoms with Crippen LogP contribution in [0.25, 0.3) is 0 Å². The van der Waals surface area contributed by atoms with Crippen molar-refractivity contribution in [2.45, 2.75) is 0 Å². The molecule has 0 saturated heterocycles.